The van der Waals surface area contributed by atoms with E-state index in [0.717, 1.165) is 53.6 Å². The molecule has 2 heterocycles. The largest absolute Gasteiger partial charge is 0.494 e. The van der Waals surface area contributed by atoms with Gasteiger partial charge in [0.05, 0.1) is 29.9 Å². The highest BCUT2D eigenvalue weighted by molar-refractivity contribution is 5.89. The molecule has 4 aromatic rings. The van der Waals surface area contributed by atoms with Crippen molar-refractivity contribution < 1.29 is 14.6 Å². The number of benzene rings is 2. The van der Waals surface area contributed by atoms with E-state index in [4.69, 9.17) is 4.74 Å². The number of hydrogen-bond acceptors (Lipinski definition) is 5. The van der Waals surface area contributed by atoms with Crippen LogP contribution in [0.2, 0.25) is 0 Å². The highest BCUT2D eigenvalue weighted by atomic mass is 16.5. The second kappa shape index (κ2) is 10.4. The van der Waals surface area contributed by atoms with Crippen LogP contribution in [0.15, 0.2) is 60.9 Å². The fourth-order valence-corrected chi connectivity index (χ4v) is 5.85. The van der Waals surface area contributed by atoms with E-state index in [1.54, 1.807) is 9.36 Å². The smallest absolute Gasteiger partial charge is 0.339 e. The topological polar surface area (TPSA) is 95.1 Å². The van der Waals surface area contributed by atoms with E-state index in [1.165, 1.54) is 38.3 Å². The van der Waals surface area contributed by atoms with E-state index in [1.807, 2.05) is 37.5 Å². The summed E-state index contributed by atoms with van der Waals surface area (Å²) in [5.41, 5.74) is 4.75. The van der Waals surface area contributed by atoms with E-state index in [0.29, 0.717) is 5.69 Å². The Balaban J connectivity index is 1.23. The maximum atomic E-state index is 12.1. The van der Waals surface area contributed by atoms with Crippen molar-refractivity contribution in [2.24, 2.45) is 13.0 Å². The monoisotopic (exact) mass is 511 g/mol. The average Bonchev–Trinajstić information content (AvgIpc) is 3.38. The van der Waals surface area contributed by atoms with Gasteiger partial charge in [-0.3, -0.25) is 4.68 Å². The molecular formula is C30H33N5O3. The first-order valence-corrected chi connectivity index (χ1v) is 13.6. The van der Waals surface area contributed by atoms with Gasteiger partial charge < -0.3 is 9.84 Å². The Kier molecular flexibility index (Phi) is 6.70. The number of aromatic carboxylic acids is 1. The summed E-state index contributed by atoms with van der Waals surface area (Å²) in [6.45, 7) is 0.747. The van der Waals surface area contributed by atoms with E-state index < -0.39 is 5.97 Å². The zero-order chi connectivity index (χ0) is 26.1. The van der Waals surface area contributed by atoms with Crippen LogP contribution in [0, 0.1) is 5.92 Å². The lowest BCUT2D eigenvalue weighted by Crippen LogP contribution is -2.10. The lowest BCUT2D eigenvalue weighted by atomic mass is 9.87. The van der Waals surface area contributed by atoms with E-state index >= 15 is 0 Å². The molecule has 0 radical (unpaired) electrons. The molecule has 2 fully saturated rings. The number of carboxylic acid groups (broad SMARTS) is 1. The highest BCUT2D eigenvalue weighted by Gasteiger charge is 2.46. The number of aryl methyl sites for hydroxylation is 1. The molecule has 0 amide bonds. The van der Waals surface area contributed by atoms with Crippen molar-refractivity contribution in [2.45, 2.75) is 56.8 Å². The van der Waals surface area contributed by atoms with E-state index in [-0.39, 0.29) is 17.4 Å². The van der Waals surface area contributed by atoms with Crippen molar-refractivity contribution >= 4 is 5.97 Å². The summed E-state index contributed by atoms with van der Waals surface area (Å²) in [7, 11) is 1.84. The minimum atomic E-state index is -0.967. The number of hydrogen-bond donors (Lipinski definition) is 1. The molecule has 2 aliphatic rings. The number of carboxylic acids is 1. The molecule has 2 aromatic heterocycles. The summed E-state index contributed by atoms with van der Waals surface area (Å²) in [6.07, 6.45) is 12.0. The highest BCUT2D eigenvalue weighted by Crippen LogP contribution is 2.55. The summed E-state index contributed by atoms with van der Waals surface area (Å²) < 4.78 is 9.59. The molecule has 8 heteroatoms. The predicted molar refractivity (Wildman–Crippen MR) is 144 cm³/mol. The van der Waals surface area contributed by atoms with Gasteiger partial charge in [-0.1, -0.05) is 61.6 Å². The Labute approximate surface area is 222 Å². The second-order valence-electron chi connectivity index (χ2n) is 10.6. The third-order valence-corrected chi connectivity index (χ3v) is 7.96. The van der Waals surface area contributed by atoms with Crippen molar-refractivity contribution in [3.63, 3.8) is 0 Å². The molecule has 0 aliphatic heterocycles. The number of carbonyl (C=O) groups is 1. The van der Waals surface area contributed by atoms with Crippen LogP contribution in [0.25, 0.3) is 16.8 Å². The fraction of sp³-hybridized carbons (Fsp3) is 0.400. The van der Waals surface area contributed by atoms with Crippen molar-refractivity contribution in [1.29, 1.82) is 0 Å². The maximum absolute atomic E-state index is 12.1. The van der Waals surface area contributed by atoms with Crippen molar-refractivity contribution in [2.75, 3.05) is 6.61 Å². The molecule has 2 saturated carbocycles. The zero-order valence-electron chi connectivity index (χ0n) is 21.7. The summed E-state index contributed by atoms with van der Waals surface area (Å²) >= 11 is 0. The Morgan fingerprint density at radius 3 is 2.61 bits per heavy atom. The van der Waals surface area contributed by atoms with Gasteiger partial charge >= 0.3 is 5.97 Å². The molecule has 196 valence electrons. The third kappa shape index (κ3) is 5.08. The van der Waals surface area contributed by atoms with Gasteiger partial charge in [-0.25, -0.2) is 9.48 Å². The molecular weight excluding hydrogens is 478 g/mol. The SMILES string of the molecule is Cn1cc(C2CC2c2c(C(=O)O)cnn2-c2cccc(-c3cccc(OCCC4CCCCC4)c3)c2)nn1. The second-order valence-corrected chi connectivity index (χ2v) is 10.6. The van der Waals surface area contributed by atoms with Crippen LogP contribution < -0.4 is 4.74 Å². The number of nitrogens with zero attached hydrogens (tertiary/aromatic N) is 5. The summed E-state index contributed by atoms with van der Waals surface area (Å²) in [6, 6.07) is 16.3. The van der Waals surface area contributed by atoms with Crippen LogP contribution in [0.5, 0.6) is 5.75 Å². The van der Waals surface area contributed by atoms with Gasteiger partial charge in [-0.15, -0.1) is 5.10 Å². The minimum Gasteiger partial charge on any atom is -0.494 e. The molecule has 2 atom stereocenters. The van der Waals surface area contributed by atoms with Crippen molar-refractivity contribution in [3.05, 3.63) is 77.9 Å². The van der Waals surface area contributed by atoms with E-state index in [2.05, 4.69) is 39.7 Å². The van der Waals surface area contributed by atoms with Crippen molar-refractivity contribution in [1.82, 2.24) is 24.8 Å². The van der Waals surface area contributed by atoms with Crippen LogP contribution in [-0.2, 0) is 7.05 Å². The summed E-state index contributed by atoms with van der Waals surface area (Å²) in [5, 5.41) is 22.7. The predicted octanol–water partition coefficient (Wildman–Crippen LogP) is 5.99. The molecule has 2 aromatic carbocycles. The first-order valence-electron chi connectivity index (χ1n) is 13.6. The normalized spacial score (nSPS) is 19.4. The van der Waals surface area contributed by atoms with Gasteiger partial charge in [0.1, 0.15) is 11.3 Å². The van der Waals surface area contributed by atoms with Crippen LogP contribution >= 0.6 is 0 Å². The van der Waals surface area contributed by atoms with Gasteiger partial charge in [0.25, 0.3) is 0 Å². The standard InChI is InChI=1S/C30H33N5O3/c1-34-19-28(32-33-34)25-17-26(25)29-27(30(36)37)18-31-35(29)23-11-5-9-21(15-23)22-10-6-12-24(16-22)38-14-13-20-7-3-2-4-8-20/h5-6,9-12,15-16,18-20,25-26H,2-4,7-8,13-14,17H2,1H3,(H,36,37). The Morgan fingerprint density at radius 1 is 1.05 bits per heavy atom. The lowest BCUT2D eigenvalue weighted by molar-refractivity contribution is 0.0695. The number of ether oxygens (including phenoxy) is 1. The maximum Gasteiger partial charge on any atom is 0.339 e. The van der Waals surface area contributed by atoms with Crippen LogP contribution in [0.4, 0.5) is 0 Å². The minimum absolute atomic E-state index is 0.0323. The van der Waals surface area contributed by atoms with Gasteiger partial charge in [0.2, 0.25) is 0 Å². The Bertz CT molecular complexity index is 1440. The molecule has 38 heavy (non-hydrogen) atoms. The molecule has 1 N–H and O–H groups in total. The van der Waals surface area contributed by atoms with Gasteiger partial charge in [0.15, 0.2) is 0 Å². The van der Waals surface area contributed by atoms with Crippen LogP contribution in [-0.4, -0.2) is 42.5 Å². The first-order chi connectivity index (χ1) is 18.6. The quantitative estimate of drug-likeness (QED) is 0.297. The molecule has 0 bridgehead atoms. The van der Waals surface area contributed by atoms with Gasteiger partial charge in [-0.05, 0) is 54.2 Å². The Morgan fingerprint density at radius 2 is 1.84 bits per heavy atom. The van der Waals surface area contributed by atoms with Gasteiger partial charge in [0, 0.05) is 25.1 Å². The summed E-state index contributed by atoms with van der Waals surface area (Å²) in [5.74, 6) is 0.877. The number of aromatic nitrogens is 5. The lowest BCUT2D eigenvalue weighted by Gasteiger charge is -2.21. The molecule has 0 saturated heterocycles. The molecule has 8 nitrogen and oxygen atoms in total. The van der Waals surface area contributed by atoms with Crippen LogP contribution in [0.1, 0.15) is 78.5 Å². The third-order valence-electron chi connectivity index (χ3n) is 7.96. The zero-order valence-corrected chi connectivity index (χ0v) is 21.7. The molecule has 2 aliphatic carbocycles. The molecule has 0 spiro atoms. The van der Waals surface area contributed by atoms with Crippen LogP contribution in [0.3, 0.4) is 0 Å². The first kappa shape index (κ1) is 24.4. The average molecular weight is 512 g/mol. The Hall–Kier alpha value is -3.94. The molecule has 6 rings (SSSR count). The van der Waals surface area contributed by atoms with E-state index in [9.17, 15) is 9.90 Å². The summed E-state index contributed by atoms with van der Waals surface area (Å²) in [4.78, 5) is 12.1. The molecule has 2 unspecified atom stereocenters. The fourth-order valence-electron chi connectivity index (χ4n) is 5.85. The van der Waals surface area contributed by atoms with Gasteiger partial charge in [-0.2, -0.15) is 5.10 Å². The van der Waals surface area contributed by atoms with Crippen molar-refractivity contribution in [3.8, 4) is 22.6 Å². The number of rotatable bonds is 9.